The van der Waals surface area contributed by atoms with Gasteiger partial charge in [0.05, 0.1) is 33.1 Å². The van der Waals surface area contributed by atoms with Crippen molar-refractivity contribution in [2.45, 2.75) is 19.5 Å². The van der Waals surface area contributed by atoms with Crippen LogP contribution in [0.3, 0.4) is 0 Å². The van der Waals surface area contributed by atoms with Gasteiger partial charge in [-0.1, -0.05) is 12.1 Å². The first-order valence-corrected chi connectivity index (χ1v) is 10.2. The van der Waals surface area contributed by atoms with Crippen LogP contribution in [0.4, 0.5) is 0 Å². The Balaban J connectivity index is 1.37. The third-order valence-corrected chi connectivity index (χ3v) is 5.84. The van der Waals surface area contributed by atoms with Crippen LogP contribution in [-0.2, 0) is 19.5 Å². The zero-order valence-electron chi connectivity index (χ0n) is 15.6. The van der Waals surface area contributed by atoms with Crippen LogP contribution in [0.15, 0.2) is 59.2 Å². The molecule has 0 saturated heterocycles. The molecule has 0 spiro atoms. The second kappa shape index (κ2) is 7.65. The average molecular weight is 402 g/mol. The Morgan fingerprint density at radius 2 is 2.00 bits per heavy atom. The van der Waals surface area contributed by atoms with E-state index in [9.17, 15) is 4.79 Å². The van der Waals surface area contributed by atoms with Gasteiger partial charge in [-0.25, -0.2) is 15.0 Å². The fourth-order valence-electron chi connectivity index (χ4n) is 3.53. The monoisotopic (exact) mass is 402 g/mol. The normalized spacial score (nSPS) is 13.9. The molecule has 0 atom stereocenters. The van der Waals surface area contributed by atoms with Crippen molar-refractivity contribution in [1.29, 1.82) is 0 Å². The quantitative estimate of drug-likeness (QED) is 0.565. The first kappa shape index (κ1) is 17.8. The minimum atomic E-state index is -0.0983. The molecule has 4 aromatic rings. The van der Waals surface area contributed by atoms with Crippen LogP contribution >= 0.6 is 11.3 Å². The lowest BCUT2D eigenvalue weighted by atomic mass is 10.1. The van der Waals surface area contributed by atoms with Crippen molar-refractivity contribution in [2.75, 3.05) is 6.54 Å². The zero-order valence-corrected chi connectivity index (χ0v) is 16.4. The molecule has 0 saturated carbocycles. The molecule has 5 rings (SSSR count). The SMILES string of the molecule is O=c1[nH]c(-c2cncnc2)nc2c1CN(Cc1cccc(-c3cccs3)n1)CC2. The van der Waals surface area contributed by atoms with Crippen LogP contribution < -0.4 is 5.56 Å². The molecule has 1 aliphatic rings. The molecule has 8 heteroatoms. The van der Waals surface area contributed by atoms with Crippen LogP contribution in [0.1, 0.15) is 17.0 Å². The van der Waals surface area contributed by atoms with E-state index in [1.54, 1.807) is 23.7 Å². The van der Waals surface area contributed by atoms with Gasteiger partial charge >= 0.3 is 0 Å². The van der Waals surface area contributed by atoms with Gasteiger partial charge in [-0.15, -0.1) is 11.3 Å². The van der Waals surface area contributed by atoms with Crippen molar-refractivity contribution in [3.8, 4) is 22.0 Å². The van der Waals surface area contributed by atoms with Gasteiger partial charge in [0.1, 0.15) is 12.2 Å². The number of H-pyrrole nitrogens is 1. The standard InChI is InChI=1S/C21H18N6OS/c28-21-16-12-27(11-15-3-1-4-18(24-15)19-5-2-8-29-19)7-6-17(16)25-20(26-21)14-9-22-13-23-10-14/h1-5,8-10,13H,6-7,11-12H2,(H,25,26,28). The predicted octanol–water partition coefficient (Wildman–Crippen LogP) is 2.91. The molecule has 29 heavy (non-hydrogen) atoms. The molecule has 5 heterocycles. The van der Waals surface area contributed by atoms with Crippen LogP contribution in [0.5, 0.6) is 0 Å². The third-order valence-electron chi connectivity index (χ3n) is 4.95. The highest BCUT2D eigenvalue weighted by atomic mass is 32.1. The molecule has 0 aromatic carbocycles. The van der Waals surface area contributed by atoms with Crippen molar-refractivity contribution < 1.29 is 0 Å². The van der Waals surface area contributed by atoms with E-state index in [-0.39, 0.29) is 5.56 Å². The van der Waals surface area contributed by atoms with Crippen LogP contribution in [0, 0.1) is 0 Å². The van der Waals surface area contributed by atoms with Crippen LogP contribution in [0.2, 0.25) is 0 Å². The number of pyridine rings is 1. The van der Waals surface area contributed by atoms with Gasteiger partial charge in [0.25, 0.3) is 5.56 Å². The highest BCUT2D eigenvalue weighted by molar-refractivity contribution is 7.13. The van der Waals surface area contributed by atoms with Gasteiger partial charge in [-0.2, -0.15) is 0 Å². The summed E-state index contributed by atoms with van der Waals surface area (Å²) in [6.07, 6.45) is 5.49. The van der Waals surface area contributed by atoms with Crippen LogP contribution in [0.25, 0.3) is 22.0 Å². The Morgan fingerprint density at radius 1 is 1.10 bits per heavy atom. The number of nitrogens with one attached hydrogen (secondary N) is 1. The lowest BCUT2D eigenvalue weighted by Gasteiger charge is -2.27. The molecule has 0 fully saturated rings. The maximum atomic E-state index is 12.7. The van der Waals surface area contributed by atoms with E-state index in [2.05, 4.69) is 36.3 Å². The number of aromatic nitrogens is 5. The molecule has 1 N–H and O–H groups in total. The minimum Gasteiger partial charge on any atom is -0.306 e. The Hall–Kier alpha value is -3.23. The first-order valence-electron chi connectivity index (χ1n) is 9.36. The second-order valence-corrected chi connectivity index (χ2v) is 7.87. The Kier molecular flexibility index (Phi) is 4.71. The molecule has 0 amide bonds. The predicted molar refractivity (Wildman–Crippen MR) is 111 cm³/mol. The van der Waals surface area contributed by atoms with Gasteiger partial charge in [0.2, 0.25) is 0 Å². The van der Waals surface area contributed by atoms with Crippen molar-refractivity contribution in [3.05, 3.63) is 81.7 Å². The summed E-state index contributed by atoms with van der Waals surface area (Å²) in [6, 6.07) is 10.2. The van der Waals surface area contributed by atoms with Gasteiger partial charge in [0, 0.05) is 38.4 Å². The zero-order chi connectivity index (χ0) is 19.6. The van der Waals surface area contributed by atoms with Gasteiger partial charge in [0.15, 0.2) is 0 Å². The summed E-state index contributed by atoms with van der Waals surface area (Å²) in [5.41, 5.74) is 4.18. The van der Waals surface area contributed by atoms with E-state index in [4.69, 9.17) is 4.98 Å². The maximum Gasteiger partial charge on any atom is 0.255 e. The second-order valence-electron chi connectivity index (χ2n) is 6.92. The maximum absolute atomic E-state index is 12.7. The summed E-state index contributed by atoms with van der Waals surface area (Å²) in [4.78, 5) is 36.4. The smallest absolute Gasteiger partial charge is 0.255 e. The minimum absolute atomic E-state index is 0.0983. The highest BCUT2D eigenvalue weighted by Crippen LogP contribution is 2.24. The summed E-state index contributed by atoms with van der Waals surface area (Å²) in [5, 5.41) is 2.06. The topological polar surface area (TPSA) is 87.7 Å². The molecular weight excluding hydrogens is 384 g/mol. The van der Waals surface area contributed by atoms with Crippen molar-refractivity contribution in [1.82, 2.24) is 29.8 Å². The van der Waals surface area contributed by atoms with Crippen LogP contribution in [-0.4, -0.2) is 36.4 Å². The van der Waals surface area contributed by atoms with Crippen molar-refractivity contribution in [2.24, 2.45) is 0 Å². The molecule has 7 nitrogen and oxygen atoms in total. The lowest BCUT2D eigenvalue weighted by molar-refractivity contribution is 0.239. The highest BCUT2D eigenvalue weighted by Gasteiger charge is 2.22. The molecule has 0 unspecified atom stereocenters. The fourth-order valence-corrected chi connectivity index (χ4v) is 4.23. The molecule has 0 aliphatic carbocycles. The average Bonchev–Trinajstić information content (AvgIpc) is 3.30. The molecule has 4 aromatic heterocycles. The molecular formula is C21H18N6OS. The summed E-state index contributed by atoms with van der Waals surface area (Å²) < 4.78 is 0. The summed E-state index contributed by atoms with van der Waals surface area (Å²) in [6.45, 7) is 2.10. The van der Waals surface area contributed by atoms with Gasteiger partial charge < -0.3 is 4.98 Å². The van der Waals surface area contributed by atoms with Crippen molar-refractivity contribution >= 4 is 11.3 Å². The lowest BCUT2D eigenvalue weighted by Crippen LogP contribution is -2.35. The largest absolute Gasteiger partial charge is 0.306 e. The summed E-state index contributed by atoms with van der Waals surface area (Å²) in [7, 11) is 0. The number of fused-ring (bicyclic) bond motifs is 1. The molecule has 0 bridgehead atoms. The van der Waals surface area contributed by atoms with E-state index in [1.807, 2.05) is 24.3 Å². The molecule has 144 valence electrons. The Bertz CT molecular complexity index is 1190. The summed E-state index contributed by atoms with van der Waals surface area (Å²) >= 11 is 1.68. The number of aromatic amines is 1. The molecule has 0 radical (unpaired) electrons. The third kappa shape index (κ3) is 3.72. The Labute approximate surface area is 171 Å². The van der Waals surface area contributed by atoms with E-state index in [1.165, 1.54) is 6.33 Å². The Morgan fingerprint density at radius 3 is 2.83 bits per heavy atom. The first-order chi connectivity index (χ1) is 14.3. The van der Waals surface area contributed by atoms with E-state index < -0.39 is 0 Å². The van der Waals surface area contributed by atoms with Gasteiger partial charge in [-0.3, -0.25) is 14.7 Å². The van der Waals surface area contributed by atoms with E-state index in [0.717, 1.165) is 40.5 Å². The number of nitrogens with zero attached hydrogens (tertiary/aromatic N) is 5. The van der Waals surface area contributed by atoms with Crippen molar-refractivity contribution in [3.63, 3.8) is 0 Å². The van der Waals surface area contributed by atoms with E-state index in [0.29, 0.717) is 24.5 Å². The molecule has 1 aliphatic heterocycles. The number of hydrogen-bond donors (Lipinski definition) is 1. The van der Waals surface area contributed by atoms with E-state index >= 15 is 0 Å². The fraction of sp³-hybridized carbons (Fsp3) is 0.190. The summed E-state index contributed by atoms with van der Waals surface area (Å²) in [5.74, 6) is 0.521. The number of hydrogen-bond acceptors (Lipinski definition) is 7. The van der Waals surface area contributed by atoms with Gasteiger partial charge in [-0.05, 0) is 23.6 Å². The number of rotatable bonds is 4. The number of thiophene rings is 1.